The molecule has 0 heterocycles. The molecule has 2 heteroatoms. The average Bonchev–Trinajstić information content (AvgIpc) is 3.15. The lowest BCUT2D eigenvalue weighted by atomic mass is 9.48. The Hall–Kier alpha value is -4.34. The summed E-state index contributed by atoms with van der Waals surface area (Å²) in [5.74, 6) is 0. The van der Waals surface area contributed by atoms with Crippen LogP contribution in [-0.2, 0) is 61.7 Å². The van der Waals surface area contributed by atoms with Gasteiger partial charge in [-0.05, 0) is 131 Å². The Balaban J connectivity index is 2.03. The summed E-state index contributed by atoms with van der Waals surface area (Å²) >= 11 is 0. The lowest BCUT2D eigenvalue weighted by Crippen LogP contribution is -2.58. The van der Waals surface area contributed by atoms with Gasteiger partial charge in [0.15, 0.2) is 0 Å². The average molecular weight is 773 g/mol. The molecule has 0 nitrogen and oxygen atoms in total. The highest BCUT2D eigenvalue weighted by molar-refractivity contribution is 7.20. The van der Waals surface area contributed by atoms with E-state index in [0.29, 0.717) is 0 Å². The van der Waals surface area contributed by atoms with Gasteiger partial charge in [0, 0.05) is 15.7 Å². The predicted octanol–water partition coefficient (Wildman–Crippen LogP) is 13.6. The van der Waals surface area contributed by atoms with Crippen LogP contribution in [-0.4, -0.2) is 0 Å². The van der Waals surface area contributed by atoms with E-state index >= 15 is 0 Å². The first-order chi connectivity index (χ1) is 27.1. The first-order valence-corrected chi connectivity index (χ1v) is 21.2. The summed E-state index contributed by atoms with van der Waals surface area (Å²) < 4.78 is 0. The second kappa shape index (κ2) is 19.2. The maximum absolute atomic E-state index is 4.16. The standard InChI is InChI=1S/C54H62P2/c1-9-18-40-28-41(19-10-2)33-48(32-40)53(55,49-34-42(20-11-3)29-43(35-49)21-12-4)52(26-17-27-52)54(56,50-36-44(22-13-5)30-45(37-50)23-14-6)51-38-46(24-15-7)31-47(39-51)25-16-8/h9-16,28-39H,1-8,17-27,55-56H2. The summed E-state index contributed by atoms with van der Waals surface area (Å²) in [5.41, 5.74) is 15.0. The maximum Gasteiger partial charge on any atom is 0.0415 e. The molecule has 0 N–H and O–H groups in total. The van der Waals surface area contributed by atoms with Crippen molar-refractivity contribution in [2.45, 2.75) is 80.9 Å². The molecule has 56 heavy (non-hydrogen) atoms. The molecule has 288 valence electrons. The summed E-state index contributed by atoms with van der Waals surface area (Å²) in [7, 11) is 7.12. The van der Waals surface area contributed by atoms with Gasteiger partial charge in [0.25, 0.3) is 0 Å². The SMILES string of the molecule is C=CCc1cc(CC=C)cc(C(P)(c2cc(CC=C)cc(CC=C)c2)C2(C(P)(c3cc(CC=C)cc(CC=C)c3)c3cc(CC=C)cc(CC=C)c3)CCC2)c1. The Morgan fingerprint density at radius 1 is 0.357 bits per heavy atom. The van der Waals surface area contributed by atoms with Crippen molar-refractivity contribution < 1.29 is 0 Å². The van der Waals surface area contributed by atoms with Crippen LogP contribution in [0.2, 0.25) is 0 Å². The smallest absolute Gasteiger partial charge is 0.0415 e. The third-order valence-corrected chi connectivity index (χ3v) is 14.2. The van der Waals surface area contributed by atoms with Gasteiger partial charge >= 0.3 is 0 Å². The zero-order chi connectivity index (χ0) is 40.3. The number of hydrogen-bond donors (Lipinski definition) is 0. The Morgan fingerprint density at radius 2 is 0.536 bits per heavy atom. The van der Waals surface area contributed by atoms with Crippen molar-refractivity contribution in [3.63, 3.8) is 0 Å². The highest BCUT2D eigenvalue weighted by Gasteiger charge is 2.64. The monoisotopic (exact) mass is 772 g/mol. The van der Waals surface area contributed by atoms with E-state index in [-0.39, 0.29) is 5.41 Å². The molecule has 0 saturated heterocycles. The molecule has 1 aliphatic carbocycles. The Bertz CT molecular complexity index is 1720. The first kappa shape index (κ1) is 42.8. The van der Waals surface area contributed by atoms with Crippen molar-refractivity contribution in [1.29, 1.82) is 0 Å². The fraction of sp³-hybridized carbons (Fsp3) is 0.259. The van der Waals surface area contributed by atoms with Crippen molar-refractivity contribution in [2.24, 2.45) is 5.41 Å². The van der Waals surface area contributed by atoms with E-state index < -0.39 is 10.3 Å². The number of rotatable bonds is 22. The van der Waals surface area contributed by atoms with Crippen molar-refractivity contribution in [3.8, 4) is 0 Å². The lowest BCUT2D eigenvalue weighted by Gasteiger charge is -2.64. The van der Waals surface area contributed by atoms with Gasteiger partial charge in [-0.3, -0.25) is 0 Å². The summed E-state index contributed by atoms with van der Waals surface area (Å²) in [4.78, 5) is 0. The van der Waals surface area contributed by atoms with Gasteiger partial charge in [0.1, 0.15) is 0 Å². The maximum atomic E-state index is 4.16. The van der Waals surface area contributed by atoms with E-state index in [1.54, 1.807) is 0 Å². The molecular weight excluding hydrogens is 711 g/mol. The summed E-state index contributed by atoms with van der Waals surface area (Å²) in [5, 5.41) is -1.07. The van der Waals surface area contributed by atoms with Crippen LogP contribution in [0, 0.1) is 5.41 Å². The number of benzene rings is 4. The molecule has 0 aliphatic heterocycles. The van der Waals surface area contributed by atoms with Gasteiger partial charge in [-0.15, -0.1) is 71.1 Å². The molecule has 2 unspecified atom stereocenters. The zero-order valence-electron chi connectivity index (χ0n) is 33.6. The van der Waals surface area contributed by atoms with Crippen molar-refractivity contribution in [2.75, 3.05) is 0 Å². The van der Waals surface area contributed by atoms with Crippen LogP contribution in [0.4, 0.5) is 0 Å². The molecule has 0 spiro atoms. The molecule has 1 saturated carbocycles. The van der Waals surface area contributed by atoms with E-state index in [1.165, 1.54) is 66.8 Å². The molecule has 4 aromatic rings. The van der Waals surface area contributed by atoms with Crippen molar-refractivity contribution >= 4 is 18.5 Å². The Labute approximate surface area is 344 Å². The normalized spacial score (nSPS) is 13.5. The third kappa shape index (κ3) is 8.49. The highest BCUT2D eigenvalue weighted by Crippen LogP contribution is 2.73. The fourth-order valence-corrected chi connectivity index (χ4v) is 11.2. The van der Waals surface area contributed by atoms with Crippen LogP contribution >= 0.6 is 18.5 Å². The van der Waals surface area contributed by atoms with E-state index in [2.05, 4.69) is 144 Å². The highest BCUT2D eigenvalue weighted by atomic mass is 31.0. The fourth-order valence-electron chi connectivity index (χ4n) is 9.31. The minimum atomic E-state index is -0.534. The largest absolute Gasteiger partial charge is 0.121 e. The van der Waals surface area contributed by atoms with Gasteiger partial charge in [0.2, 0.25) is 0 Å². The molecule has 2 atom stereocenters. The predicted molar refractivity (Wildman–Crippen MR) is 254 cm³/mol. The van der Waals surface area contributed by atoms with E-state index in [9.17, 15) is 0 Å². The van der Waals surface area contributed by atoms with Crippen LogP contribution < -0.4 is 0 Å². The number of hydrogen-bond acceptors (Lipinski definition) is 0. The molecule has 0 aromatic heterocycles. The van der Waals surface area contributed by atoms with E-state index in [0.717, 1.165) is 70.6 Å². The minimum absolute atomic E-state index is 0.317. The van der Waals surface area contributed by atoms with Crippen LogP contribution in [0.1, 0.15) is 86.0 Å². The minimum Gasteiger partial charge on any atom is -0.121 e. The van der Waals surface area contributed by atoms with Crippen LogP contribution in [0.15, 0.2) is 174 Å². The van der Waals surface area contributed by atoms with Crippen LogP contribution in [0.5, 0.6) is 0 Å². The Kier molecular flexibility index (Phi) is 14.7. The molecule has 1 fully saturated rings. The summed E-state index contributed by atoms with van der Waals surface area (Å²) in [6.07, 6.45) is 25.7. The quantitative estimate of drug-likeness (QED) is 0.0551. The van der Waals surface area contributed by atoms with Gasteiger partial charge < -0.3 is 0 Å². The topological polar surface area (TPSA) is 0 Å². The van der Waals surface area contributed by atoms with Crippen molar-refractivity contribution in [3.05, 3.63) is 241 Å². The molecular formula is C54H62P2. The summed E-state index contributed by atoms with van der Waals surface area (Å²) in [6.45, 7) is 33.3. The molecule has 0 radical (unpaired) electrons. The molecule has 1 aliphatic rings. The molecule has 5 rings (SSSR count). The van der Waals surface area contributed by atoms with Gasteiger partial charge in [-0.25, -0.2) is 0 Å². The van der Waals surface area contributed by atoms with Gasteiger partial charge in [-0.2, -0.15) is 0 Å². The van der Waals surface area contributed by atoms with Crippen LogP contribution in [0.3, 0.4) is 0 Å². The second-order valence-corrected chi connectivity index (χ2v) is 17.4. The van der Waals surface area contributed by atoms with Gasteiger partial charge in [0.05, 0.1) is 0 Å². The van der Waals surface area contributed by atoms with Crippen molar-refractivity contribution in [1.82, 2.24) is 0 Å². The molecule has 0 amide bonds. The Morgan fingerprint density at radius 3 is 0.661 bits per heavy atom. The third-order valence-electron chi connectivity index (χ3n) is 11.8. The van der Waals surface area contributed by atoms with Gasteiger partial charge in [-0.1, -0.05) is 128 Å². The molecule has 0 bridgehead atoms. The number of allylic oxidation sites excluding steroid dienone is 8. The lowest BCUT2D eigenvalue weighted by molar-refractivity contribution is 0.0508. The first-order valence-electron chi connectivity index (χ1n) is 20.1. The van der Waals surface area contributed by atoms with E-state index in [1.807, 2.05) is 48.6 Å². The summed E-state index contributed by atoms with van der Waals surface area (Å²) in [6, 6.07) is 28.9. The second-order valence-electron chi connectivity index (χ2n) is 15.6. The van der Waals surface area contributed by atoms with E-state index in [4.69, 9.17) is 0 Å². The zero-order valence-corrected chi connectivity index (χ0v) is 35.9. The van der Waals surface area contributed by atoms with Crippen LogP contribution in [0.25, 0.3) is 0 Å². The molecule has 4 aromatic carbocycles.